The molecular weight excluding hydrogens is 328 g/mol. The highest BCUT2D eigenvalue weighted by Gasteiger charge is 2.07. The van der Waals surface area contributed by atoms with Crippen molar-refractivity contribution in [3.05, 3.63) is 61.4 Å². The van der Waals surface area contributed by atoms with Gasteiger partial charge in [-0.05, 0) is 42.5 Å². The van der Waals surface area contributed by atoms with Gasteiger partial charge < -0.3 is 15.4 Å². The van der Waals surface area contributed by atoms with Gasteiger partial charge in [-0.15, -0.1) is 6.42 Å². The van der Waals surface area contributed by atoms with Crippen LogP contribution in [0.1, 0.15) is 0 Å². The Morgan fingerprint density at radius 3 is 2.88 bits per heavy atom. The number of anilines is 3. The van der Waals surface area contributed by atoms with Gasteiger partial charge in [-0.3, -0.25) is 4.79 Å². The summed E-state index contributed by atoms with van der Waals surface area (Å²) in [6.07, 6.45) is 7.93. The van der Waals surface area contributed by atoms with E-state index < -0.39 is 0 Å². The normalized spacial score (nSPS) is 9.96. The van der Waals surface area contributed by atoms with E-state index in [0.717, 1.165) is 16.6 Å². The lowest BCUT2D eigenvalue weighted by molar-refractivity contribution is -0.111. The Hall–Kier alpha value is -3.85. The second-order valence-corrected chi connectivity index (χ2v) is 5.29. The molecule has 128 valence electrons. The van der Waals surface area contributed by atoms with Gasteiger partial charge in [0, 0.05) is 16.8 Å². The van der Waals surface area contributed by atoms with E-state index in [-0.39, 0.29) is 12.5 Å². The van der Waals surface area contributed by atoms with Crippen molar-refractivity contribution in [1.29, 1.82) is 0 Å². The number of carbonyl (C=O) groups excluding carboxylic acids is 1. The Kier molecular flexibility index (Phi) is 5.11. The van der Waals surface area contributed by atoms with E-state index in [0.29, 0.717) is 17.3 Å². The summed E-state index contributed by atoms with van der Waals surface area (Å²) in [6.45, 7) is 3.63. The van der Waals surface area contributed by atoms with Crippen molar-refractivity contribution in [2.45, 2.75) is 0 Å². The fraction of sp³-hybridized carbons (Fsp3) is 0.0500. The fourth-order valence-corrected chi connectivity index (χ4v) is 2.35. The monoisotopic (exact) mass is 344 g/mol. The molecule has 0 saturated heterocycles. The molecule has 0 aliphatic carbocycles. The van der Waals surface area contributed by atoms with E-state index in [9.17, 15) is 4.79 Å². The number of nitrogens with zero attached hydrogens (tertiary/aromatic N) is 2. The summed E-state index contributed by atoms with van der Waals surface area (Å²) >= 11 is 0. The minimum absolute atomic E-state index is 0.188. The third-order valence-electron chi connectivity index (χ3n) is 3.51. The molecule has 2 aromatic carbocycles. The smallest absolute Gasteiger partial charge is 0.247 e. The molecule has 0 atom stereocenters. The van der Waals surface area contributed by atoms with E-state index in [1.807, 2.05) is 30.3 Å². The zero-order chi connectivity index (χ0) is 18.4. The van der Waals surface area contributed by atoms with Crippen molar-refractivity contribution in [3.63, 3.8) is 0 Å². The van der Waals surface area contributed by atoms with Crippen LogP contribution in [0.3, 0.4) is 0 Å². The molecule has 0 saturated carbocycles. The molecule has 26 heavy (non-hydrogen) atoms. The molecule has 3 aromatic rings. The first-order valence-corrected chi connectivity index (χ1v) is 7.81. The second kappa shape index (κ2) is 7.81. The van der Waals surface area contributed by atoms with Gasteiger partial charge in [0.2, 0.25) is 5.91 Å². The van der Waals surface area contributed by atoms with E-state index in [4.69, 9.17) is 11.2 Å². The minimum Gasteiger partial charge on any atom is -0.481 e. The molecule has 0 bridgehead atoms. The standard InChI is InChI=1S/C20H16N4O2/c1-3-10-26-16-8-9-18-17(12-16)20(22-13-21-18)24-15-7-5-6-14(11-15)23-19(25)4-2/h1,4-9,11-13H,2,10H2,(H,23,25)(H,21,22,24). The van der Waals surface area contributed by atoms with E-state index in [2.05, 4.69) is 33.1 Å². The first kappa shape index (κ1) is 17.0. The third kappa shape index (κ3) is 3.97. The molecule has 0 aliphatic rings. The summed E-state index contributed by atoms with van der Waals surface area (Å²) in [5.74, 6) is 3.42. The summed E-state index contributed by atoms with van der Waals surface area (Å²) in [7, 11) is 0. The quantitative estimate of drug-likeness (QED) is 0.529. The number of fused-ring (bicyclic) bond motifs is 1. The highest BCUT2D eigenvalue weighted by atomic mass is 16.5. The van der Waals surface area contributed by atoms with Crippen LogP contribution in [0, 0.1) is 12.3 Å². The number of nitrogens with one attached hydrogen (secondary N) is 2. The first-order valence-electron chi connectivity index (χ1n) is 7.81. The molecule has 0 aliphatic heterocycles. The highest BCUT2D eigenvalue weighted by Crippen LogP contribution is 2.27. The van der Waals surface area contributed by atoms with E-state index >= 15 is 0 Å². The molecule has 0 fully saturated rings. The van der Waals surface area contributed by atoms with Gasteiger partial charge in [0.25, 0.3) is 0 Å². The van der Waals surface area contributed by atoms with Crippen LogP contribution in [0.15, 0.2) is 61.4 Å². The van der Waals surface area contributed by atoms with Gasteiger partial charge in [-0.2, -0.15) is 0 Å². The van der Waals surface area contributed by atoms with Crippen LogP contribution < -0.4 is 15.4 Å². The van der Waals surface area contributed by atoms with Crippen LogP contribution in [0.4, 0.5) is 17.2 Å². The molecule has 1 heterocycles. The number of amides is 1. The lowest BCUT2D eigenvalue weighted by Gasteiger charge is -2.11. The molecule has 3 rings (SSSR count). The number of aromatic nitrogens is 2. The topological polar surface area (TPSA) is 76.1 Å². The van der Waals surface area contributed by atoms with Crippen LogP contribution in [-0.4, -0.2) is 22.5 Å². The van der Waals surface area contributed by atoms with Crippen molar-refractivity contribution >= 4 is 34.0 Å². The summed E-state index contributed by atoms with van der Waals surface area (Å²) in [4.78, 5) is 20.0. The molecular formula is C20H16N4O2. The number of rotatable bonds is 6. The summed E-state index contributed by atoms with van der Waals surface area (Å²) in [5, 5.41) is 6.75. The molecule has 1 amide bonds. The maximum Gasteiger partial charge on any atom is 0.247 e. The van der Waals surface area contributed by atoms with Crippen LogP contribution in [0.25, 0.3) is 10.9 Å². The average Bonchev–Trinajstić information content (AvgIpc) is 2.67. The number of benzene rings is 2. The number of hydrogen-bond donors (Lipinski definition) is 2. The lowest BCUT2D eigenvalue weighted by atomic mass is 10.2. The van der Waals surface area contributed by atoms with Crippen molar-refractivity contribution in [2.24, 2.45) is 0 Å². The summed E-state index contributed by atoms with van der Waals surface area (Å²) < 4.78 is 5.47. The van der Waals surface area contributed by atoms with Crippen LogP contribution >= 0.6 is 0 Å². The van der Waals surface area contributed by atoms with Crippen molar-refractivity contribution in [3.8, 4) is 18.1 Å². The summed E-state index contributed by atoms with van der Waals surface area (Å²) in [6, 6.07) is 12.8. The van der Waals surface area contributed by atoms with Gasteiger partial charge in [-0.1, -0.05) is 18.6 Å². The largest absolute Gasteiger partial charge is 0.481 e. The Balaban J connectivity index is 1.90. The van der Waals surface area contributed by atoms with Crippen molar-refractivity contribution in [2.75, 3.05) is 17.2 Å². The maximum atomic E-state index is 11.5. The van der Waals surface area contributed by atoms with Gasteiger partial charge in [-0.25, -0.2) is 9.97 Å². The van der Waals surface area contributed by atoms with Gasteiger partial charge in [0.05, 0.1) is 5.52 Å². The molecule has 0 radical (unpaired) electrons. The zero-order valence-corrected chi connectivity index (χ0v) is 13.9. The fourth-order valence-electron chi connectivity index (χ4n) is 2.35. The predicted octanol–water partition coefficient (Wildman–Crippen LogP) is 3.51. The minimum atomic E-state index is -0.273. The number of ether oxygens (including phenoxy) is 1. The number of carbonyl (C=O) groups is 1. The Bertz CT molecular complexity index is 1010. The van der Waals surface area contributed by atoms with Crippen LogP contribution in [0.5, 0.6) is 5.75 Å². The molecule has 0 unspecified atom stereocenters. The predicted molar refractivity (Wildman–Crippen MR) is 102 cm³/mol. The number of terminal acetylenes is 1. The Labute approximate surface area is 150 Å². The SMILES string of the molecule is C#CCOc1ccc2ncnc(Nc3cccc(NC(=O)C=C)c3)c2c1. The molecule has 2 N–H and O–H groups in total. The van der Waals surface area contributed by atoms with Gasteiger partial charge >= 0.3 is 0 Å². The van der Waals surface area contributed by atoms with Crippen LogP contribution in [-0.2, 0) is 4.79 Å². The Morgan fingerprint density at radius 2 is 2.08 bits per heavy atom. The van der Waals surface area contributed by atoms with Crippen molar-refractivity contribution in [1.82, 2.24) is 9.97 Å². The Morgan fingerprint density at radius 1 is 1.23 bits per heavy atom. The second-order valence-electron chi connectivity index (χ2n) is 5.29. The van der Waals surface area contributed by atoms with Crippen LogP contribution in [0.2, 0.25) is 0 Å². The van der Waals surface area contributed by atoms with E-state index in [1.165, 1.54) is 12.4 Å². The highest BCUT2D eigenvalue weighted by molar-refractivity contribution is 5.99. The van der Waals surface area contributed by atoms with E-state index in [1.54, 1.807) is 12.1 Å². The summed E-state index contributed by atoms with van der Waals surface area (Å²) in [5.41, 5.74) is 2.18. The van der Waals surface area contributed by atoms with Gasteiger partial charge in [0.15, 0.2) is 0 Å². The lowest BCUT2D eigenvalue weighted by Crippen LogP contribution is -2.07. The third-order valence-corrected chi connectivity index (χ3v) is 3.51. The zero-order valence-electron chi connectivity index (χ0n) is 13.9. The van der Waals surface area contributed by atoms with Crippen molar-refractivity contribution < 1.29 is 9.53 Å². The molecule has 6 heteroatoms. The molecule has 1 aromatic heterocycles. The first-order chi connectivity index (χ1) is 12.7. The maximum absolute atomic E-state index is 11.5. The van der Waals surface area contributed by atoms with Gasteiger partial charge in [0.1, 0.15) is 24.5 Å². The molecule has 0 spiro atoms. The molecule has 6 nitrogen and oxygen atoms in total. The number of hydrogen-bond acceptors (Lipinski definition) is 5. The average molecular weight is 344 g/mol.